The molecular formula is C15H23N3O2. The van der Waals surface area contributed by atoms with E-state index in [9.17, 15) is 0 Å². The Labute approximate surface area is 120 Å². The number of aromatic nitrogens is 2. The molecule has 1 aromatic heterocycles. The summed E-state index contributed by atoms with van der Waals surface area (Å²) in [5.74, 6) is 3.53. The molecule has 0 bridgehead atoms. The van der Waals surface area contributed by atoms with Gasteiger partial charge in [-0.3, -0.25) is 4.90 Å². The lowest BCUT2D eigenvalue weighted by molar-refractivity contribution is 0.156. The lowest BCUT2D eigenvalue weighted by Crippen LogP contribution is -2.34. The summed E-state index contributed by atoms with van der Waals surface area (Å²) >= 11 is 0. The standard InChI is InChI=1S/C15H23N3O2/c1-3-19-11(2)10-18-8-6-13(7-9-18)15-17-16-14(20-15)12-4-5-12/h12-13H,2-10H2,1H3. The third-order valence-corrected chi connectivity index (χ3v) is 4.07. The van der Waals surface area contributed by atoms with Crippen LogP contribution < -0.4 is 0 Å². The van der Waals surface area contributed by atoms with Gasteiger partial charge < -0.3 is 9.15 Å². The zero-order chi connectivity index (χ0) is 13.9. The minimum absolute atomic E-state index is 0.423. The molecule has 1 saturated carbocycles. The topological polar surface area (TPSA) is 51.4 Å². The van der Waals surface area contributed by atoms with Crippen LogP contribution >= 0.6 is 0 Å². The maximum absolute atomic E-state index is 5.82. The fourth-order valence-corrected chi connectivity index (χ4v) is 2.74. The van der Waals surface area contributed by atoms with Gasteiger partial charge in [0, 0.05) is 11.8 Å². The van der Waals surface area contributed by atoms with Gasteiger partial charge in [-0.05, 0) is 45.7 Å². The van der Waals surface area contributed by atoms with E-state index in [4.69, 9.17) is 9.15 Å². The van der Waals surface area contributed by atoms with Crippen molar-refractivity contribution in [1.29, 1.82) is 0 Å². The molecular weight excluding hydrogens is 254 g/mol. The molecule has 2 heterocycles. The van der Waals surface area contributed by atoms with Crippen molar-refractivity contribution in [3.05, 3.63) is 24.1 Å². The number of hydrogen-bond donors (Lipinski definition) is 0. The average Bonchev–Trinajstić information content (AvgIpc) is 3.18. The Morgan fingerprint density at radius 3 is 2.35 bits per heavy atom. The molecule has 0 spiro atoms. The summed E-state index contributed by atoms with van der Waals surface area (Å²) in [6.07, 6.45) is 4.57. The van der Waals surface area contributed by atoms with Crippen LogP contribution in [0.2, 0.25) is 0 Å². The van der Waals surface area contributed by atoms with Crippen LogP contribution in [0.25, 0.3) is 0 Å². The summed E-state index contributed by atoms with van der Waals surface area (Å²) in [6.45, 7) is 9.54. The van der Waals surface area contributed by atoms with Crippen LogP contribution in [0, 0.1) is 0 Å². The molecule has 0 aromatic carbocycles. The molecule has 5 heteroatoms. The third kappa shape index (κ3) is 3.20. The molecule has 0 unspecified atom stereocenters. The predicted octanol–water partition coefficient (Wildman–Crippen LogP) is 2.68. The van der Waals surface area contributed by atoms with E-state index in [2.05, 4.69) is 21.7 Å². The summed E-state index contributed by atoms with van der Waals surface area (Å²) in [5.41, 5.74) is 0. The monoisotopic (exact) mass is 277 g/mol. The van der Waals surface area contributed by atoms with Crippen molar-refractivity contribution >= 4 is 0 Å². The zero-order valence-electron chi connectivity index (χ0n) is 12.2. The molecule has 0 N–H and O–H groups in total. The molecule has 1 aliphatic carbocycles. The van der Waals surface area contributed by atoms with Gasteiger partial charge >= 0.3 is 0 Å². The highest BCUT2D eigenvalue weighted by Crippen LogP contribution is 2.40. The first kappa shape index (κ1) is 13.6. The third-order valence-electron chi connectivity index (χ3n) is 4.07. The number of likely N-dealkylation sites (tertiary alicyclic amines) is 1. The van der Waals surface area contributed by atoms with Crippen molar-refractivity contribution in [3.63, 3.8) is 0 Å². The molecule has 20 heavy (non-hydrogen) atoms. The molecule has 1 aromatic rings. The molecule has 2 fully saturated rings. The summed E-state index contributed by atoms with van der Waals surface area (Å²) < 4.78 is 11.2. The fraction of sp³-hybridized carbons (Fsp3) is 0.733. The second kappa shape index (κ2) is 5.95. The van der Waals surface area contributed by atoms with Crippen LogP contribution in [0.1, 0.15) is 56.2 Å². The SMILES string of the molecule is C=C(CN1CCC(c2nnc(C3CC3)o2)CC1)OCC. The number of ether oxygens (including phenoxy) is 1. The van der Waals surface area contributed by atoms with Crippen molar-refractivity contribution in [3.8, 4) is 0 Å². The highest BCUT2D eigenvalue weighted by atomic mass is 16.5. The van der Waals surface area contributed by atoms with Gasteiger partial charge in [0.05, 0.1) is 13.2 Å². The van der Waals surface area contributed by atoms with Crippen molar-refractivity contribution in [2.45, 2.75) is 44.4 Å². The van der Waals surface area contributed by atoms with Crippen LogP contribution in [0.4, 0.5) is 0 Å². The predicted molar refractivity (Wildman–Crippen MR) is 75.5 cm³/mol. The van der Waals surface area contributed by atoms with Gasteiger partial charge in [0.25, 0.3) is 0 Å². The van der Waals surface area contributed by atoms with Crippen molar-refractivity contribution in [1.82, 2.24) is 15.1 Å². The Balaban J connectivity index is 1.48. The minimum Gasteiger partial charge on any atom is -0.497 e. The van der Waals surface area contributed by atoms with Gasteiger partial charge in [0.15, 0.2) is 0 Å². The maximum Gasteiger partial charge on any atom is 0.219 e. The largest absolute Gasteiger partial charge is 0.497 e. The first-order chi connectivity index (χ1) is 9.76. The zero-order valence-corrected chi connectivity index (χ0v) is 12.2. The molecule has 2 aliphatic rings. The van der Waals surface area contributed by atoms with E-state index in [1.165, 1.54) is 12.8 Å². The van der Waals surface area contributed by atoms with E-state index >= 15 is 0 Å². The molecule has 110 valence electrons. The average molecular weight is 277 g/mol. The quantitative estimate of drug-likeness (QED) is 0.748. The van der Waals surface area contributed by atoms with E-state index in [1.807, 2.05) is 6.92 Å². The van der Waals surface area contributed by atoms with Gasteiger partial charge in [0.1, 0.15) is 5.76 Å². The lowest BCUT2D eigenvalue weighted by atomic mass is 9.97. The highest BCUT2D eigenvalue weighted by Gasteiger charge is 2.31. The van der Waals surface area contributed by atoms with E-state index in [1.54, 1.807) is 0 Å². The molecule has 5 nitrogen and oxygen atoms in total. The van der Waals surface area contributed by atoms with E-state index in [-0.39, 0.29) is 0 Å². The summed E-state index contributed by atoms with van der Waals surface area (Å²) in [5, 5.41) is 8.42. The van der Waals surface area contributed by atoms with Crippen molar-refractivity contribution in [2.75, 3.05) is 26.2 Å². The second-order valence-electron chi connectivity index (χ2n) is 5.77. The molecule has 3 rings (SSSR count). The van der Waals surface area contributed by atoms with Crippen LogP contribution in [0.15, 0.2) is 16.8 Å². The van der Waals surface area contributed by atoms with Crippen LogP contribution in [-0.4, -0.2) is 41.3 Å². The Bertz CT molecular complexity index is 459. The maximum atomic E-state index is 5.82. The number of piperidine rings is 1. The van der Waals surface area contributed by atoms with Gasteiger partial charge in [-0.1, -0.05) is 6.58 Å². The smallest absolute Gasteiger partial charge is 0.219 e. The molecule has 0 atom stereocenters. The van der Waals surface area contributed by atoms with Gasteiger partial charge in [-0.15, -0.1) is 10.2 Å². The van der Waals surface area contributed by atoms with Gasteiger partial charge in [-0.2, -0.15) is 0 Å². The van der Waals surface area contributed by atoms with Crippen molar-refractivity contribution in [2.24, 2.45) is 0 Å². The summed E-state index contributed by atoms with van der Waals surface area (Å²) in [6, 6.07) is 0. The highest BCUT2D eigenvalue weighted by molar-refractivity contribution is 5.03. The first-order valence-corrected chi connectivity index (χ1v) is 7.62. The van der Waals surface area contributed by atoms with Crippen molar-refractivity contribution < 1.29 is 9.15 Å². The van der Waals surface area contributed by atoms with Gasteiger partial charge in [-0.25, -0.2) is 0 Å². The Kier molecular flexibility index (Phi) is 4.05. The van der Waals surface area contributed by atoms with Crippen LogP contribution in [-0.2, 0) is 4.74 Å². The summed E-state index contributed by atoms with van der Waals surface area (Å²) in [4.78, 5) is 2.38. The normalized spacial score (nSPS) is 21.1. The van der Waals surface area contributed by atoms with E-state index in [0.717, 1.165) is 50.0 Å². The summed E-state index contributed by atoms with van der Waals surface area (Å²) in [7, 11) is 0. The first-order valence-electron chi connectivity index (χ1n) is 7.62. The number of nitrogens with zero attached hydrogens (tertiary/aromatic N) is 3. The molecule has 1 saturated heterocycles. The Morgan fingerprint density at radius 1 is 1.20 bits per heavy atom. The van der Waals surface area contributed by atoms with E-state index in [0.29, 0.717) is 18.4 Å². The number of hydrogen-bond acceptors (Lipinski definition) is 5. The fourth-order valence-electron chi connectivity index (χ4n) is 2.74. The van der Waals surface area contributed by atoms with Crippen LogP contribution in [0.3, 0.4) is 0 Å². The second-order valence-corrected chi connectivity index (χ2v) is 5.77. The Morgan fingerprint density at radius 2 is 1.80 bits per heavy atom. The lowest BCUT2D eigenvalue weighted by Gasteiger charge is -2.30. The molecule has 1 aliphatic heterocycles. The van der Waals surface area contributed by atoms with E-state index < -0.39 is 0 Å². The molecule has 0 amide bonds. The molecule has 0 radical (unpaired) electrons. The van der Waals surface area contributed by atoms with Crippen LogP contribution in [0.5, 0.6) is 0 Å². The number of rotatable bonds is 6. The minimum atomic E-state index is 0.423. The van der Waals surface area contributed by atoms with Gasteiger partial charge in [0.2, 0.25) is 11.8 Å². The Hall–Kier alpha value is -1.36.